The Labute approximate surface area is 220 Å². The largest absolute Gasteiger partial charge is 0.465 e. The summed E-state index contributed by atoms with van der Waals surface area (Å²) in [6, 6.07) is 0. The molecule has 2 rings (SSSR count). The molecule has 8 nitrogen and oxygen atoms in total. The van der Waals surface area contributed by atoms with Crippen LogP contribution in [0.5, 0.6) is 0 Å². The first-order valence-electron chi connectivity index (χ1n) is 13.0. The molecule has 2 aliphatic rings. The maximum Gasteiger partial charge on any atom is 0.314 e. The van der Waals surface area contributed by atoms with Crippen LogP contribution in [-0.4, -0.2) is 82.8 Å². The van der Waals surface area contributed by atoms with Crippen LogP contribution in [0.25, 0.3) is 0 Å². The highest BCUT2D eigenvalue weighted by Crippen LogP contribution is 2.38. The minimum atomic E-state index is -0.575. The van der Waals surface area contributed by atoms with Gasteiger partial charge in [0, 0.05) is 19.5 Å². The number of carbonyl (C=O) groups excluding carboxylic acids is 2. The van der Waals surface area contributed by atoms with Crippen molar-refractivity contribution in [2.75, 3.05) is 65.8 Å². The van der Waals surface area contributed by atoms with Crippen LogP contribution in [0, 0.1) is 10.8 Å². The second kappa shape index (κ2) is 21.4. The first kappa shape index (κ1) is 34.3. The number of alkyl halides is 1. The molecule has 0 saturated heterocycles. The topological polar surface area (TPSA) is 101 Å². The van der Waals surface area contributed by atoms with Crippen molar-refractivity contribution < 1.29 is 38.4 Å². The quantitative estimate of drug-likeness (QED) is 0.206. The lowest BCUT2D eigenvalue weighted by Crippen LogP contribution is -2.39. The minimum Gasteiger partial charge on any atom is -0.465 e. The summed E-state index contributed by atoms with van der Waals surface area (Å²) in [6.45, 7) is 6.81. The second-order valence-electron chi connectivity index (χ2n) is 9.01. The van der Waals surface area contributed by atoms with E-state index in [9.17, 15) is 14.7 Å². The van der Waals surface area contributed by atoms with E-state index >= 15 is 0 Å². The number of methoxy groups -OCH3 is 2. The Kier molecular flexibility index (Phi) is 20.9. The van der Waals surface area contributed by atoms with Gasteiger partial charge in [0.05, 0.1) is 57.1 Å². The van der Waals surface area contributed by atoms with Gasteiger partial charge in [-0.2, -0.15) is 0 Å². The van der Waals surface area contributed by atoms with Crippen molar-refractivity contribution in [3.8, 4) is 0 Å². The smallest absolute Gasteiger partial charge is 0.314 e. The number of aliphatic hydroxyl groups is 1. The van der Waals surface area contributed by atoms with Crippen molar-refractivity contribution in [2.24, 2.45) is 10.8 Å². The molecule has 0 bridgehead atoms. The van der Waals surface area contributed by atoms with Crippen LogP contribution in [0.15, 0.2) is 0 Å². The van der Waals surface area contributed by atoms with Crippen LogP contribution < -0.4 is 0 Å². The monoisotopic (exact) mass is 568 g/mol. The third-order valence-corrected chi connectivity index (χ3v) is 6.76. The molecule has 208 valence electrons. The first-order chi connectivity index (χ1) is 16.9. The maximum absolute atomic E-state index is 12.1. The Morgan fingerprint density at radius 3 is 1.57 bits per heavy atom. The normalized spacial score (nSPS) is 18.2. The Balaban J connectivity index is 0.000000567. The van der Waals surface area contributed by atoms with Gasteiger partial charge in [-0.15, -0.1) is 0 Å². The van der Waals surface area contributed by atoms with Gasteiger partial charge in [0.2, 0.25) is 0 Å². The third kappa shape index (κ3) is 13.4. The number of esters is 2. The van der Waals surface area contributed by atoms with E-state index in [4.69, 9.17) is 18.9 Å². The van der Waals surface area contributed by atoms with E-state index in [0.717, 1.165) is 63.3 Å². The average molecular weight is 570 g/mol. The third-order valence-electron chi connectivity index (χ3n) is 6.43. The zero-order valence-electron chi connectivity index (χ0n) is 22.4. The number of hydrogen-bond donors (Lipinski definition) is 1. The molecular weight excluding hydrogens is 520 g/mol. The fourth-order valence-corrected chi connectivity index (χ4v) is 4.67. The zero-order valence-corrected chi connectivity index (χ0v) is 24.0. The van der Waals surface area contributed by atoms with E-state index in [-0.39, 0.29) is 18.5 Å². The Hall–Kier alpha value is -0.740. The van der Waals surface area contributed by atoms with Gasteiger partial charge in [-0.3, -0.25) is 9.59 Å². The highest BCUT2D eigenvalue weighted by molar-refractivity contribution is 9.09. The van der Waals surface area contributed by atoms with Crippen LogP contribution >= 0.6 is 15.9 Å². The highest BCUT2D eigenvalue weighted by atomic mass is 79.9. The molecule has 2 aliphatic carbocycles. The predicted molar refractivity (Wildman–Crippen MR) is 140 cm³/mol. The Morgan fingerprint density at radius 2 is 1.20 bits per heavy atom. The van der Waals surface area contributed by atoms with Crippen LogP contribution in [0.1, 0.15) is 78.1 Å². The standard InChI is InChI=1S/C13H24O4.C10H18O3.C3H7BrO/c1-3-17-12(14)13(7-5-4-6-8-13)11-16-10-9-15-2;1-2-13-9(12)10(8-11)6-4-3-5-7-10;1-5-3-2-4/h3-11H2,1-2H3;11H,2-8H2,1H3;2-3H2,1H3. The number of hydrogen-bond acceptors (Lipinski definition) is 8. The van der Waals surface area contributed by atoms with Crippen LogP contribution in [-0.2, 0) is 33.3 Å². The van der Waals surface area contributed by atoms with Crippen LogP contribution in [0.4, 0.5) is 0 Å². The first-order valence-corrected chi connectivity index (χ1v) is 14.1. The molecule has 0 heterocycles. The van der Waals surface area contributed by atoms with Gasteiger partial charge in [-0.25, -0.2) is 0 Å². The number of rotatable bonds is 12. The van der Waals surface area contributed by atoms with Crippen molar-refractivity contribution in [1.29, 1.82) is 0 Å². The summed E-state index contributed by atoms with van der Waals surface area (Å²) in [5.74, 6) is -0.297. The molecule has 0 unspecified atom stereocenters. The fourth-order valence-electron chi connectivity index (χ4n) is 4.35. The summed E-state index contributed by atoms with van der Waals surface area (Å²) < 4.78 is 25.3. The lowest BCUT2D eigenvalue weighted by atomic mass is 9.74. The van der Waals surface area contributed by atoms with Gasteiger partial charge >= 0.3 is 11.9 Å². The molecule has 0 aromatic carbocycles. The molecular formula is C26H49BrO8. The van der Waals surface area contributed by atoms with Gasteiger partial charge in [-0.1, -0.05) is 54.5 Å². The molecule has 1 N–H and O–H groups in total. The number of ether oxygens (including phenoxy) is 5. The molecule has 0 aromatic heterocycles. The molecule has 0 spiro atoms. The zero-order chi connectivity index (χ0) is 26.4. The minimum absolute atomic E-state index is 0.0637. The van der Waals surface area contributed by atoms with Crippen LogP contribution in [0.2, 0.25) is 0 Å². The molecule has 35 heavy (non-hydrogen) atoms. The molecule has 0 amide bonds. The number of aliphatic hydroxyl groups excluding tert-OH is 1. The van der Waals surface area contributed by atoms with E-state index in [1.54, 1.807) is 21.1 Å². The SMILES string of the molecule is CCOC(=O)C1(CO)CCCCC1.CCOC(=O)C1(COCCOC)CCCCC1.COCCBr. The second-order valence-corrected chi connectivity index (χ2v) is 9.80. The van der Waals surface area contributed by atoms with Gasteiger partial charge in [0.25, 0.3) is 0 Å². The summed E-state index contributed by atoms with van der Waals surface area (Å²) in [7, 11) is 3.33. The summed E-state index contributed by atoms with van der Waals surface area (Å²) in [4.78, 5) is 23.6. The predicted octanol–water partition coefficient (Wildman–Crippen LogP) is 4.68. The van der Waals surface area contributed by atoms with E-state index in [0.29, 0.717) is 33.0 Å². The van der Waals surface area contributed by atoms with Crippen molar-refractivity contribution in [2.45, 2.75) is 78.1 Å². The number of carbonyl (C=O) groups is 2. The van der Waals surface area contributed by atoms with Crippen molar-refractivity contribution in [1.82, 2.24) is 0 Å². The summed E-state index contributed by atoms with van der Waals surface area (Å²) in [6.07, 6.45) is 9.94. The van der Waals surface area contributed by atoms with Gasteiger partial charge in [0.1, 0.15) is 0 Å². The average Bonchev–Trinajstić information content (AvgIpc) is 2.89. The molecule has 0 aromatic rings. The Bertz CT molecular complexity index is 529. The van der Waals surface area contributed by atoms with E-state index in [1.165, 1.54) is 12.8 Å². The Morgan fingerprint density at radius 1 is 0.743 bits per heavy atom. The molecule has 9 heteroatoms. The summed E-state index contributed by atoms with van der Waals surface area (Å²) in [5.41, 5.74) is -0.976. The molecule has 0 aliphatic heterocycles. The van der Waals surface area contributed by atoms with Crippen molar-refractivity contribution in [3.05, 3.63) is 0 Å². The lowest BCUT2D eigenvalue weighted by Gasteiger charge is -2.34. The van der Waals surface area contributed by atoms with Crippen molar-refractivity contribution in [3.63, 3.8) is 0 Å². The van der Waals surface area contributed by atoms with E-state index in [2.05, 4.69) is 20.7 Å². The molecule has 0 radical (unpaired) electrons. The van der Waals surface area contributed by atoms with Crippen molar-refractivity contribution >= 4 is 27.9 Å². The fraction of sp³-hybridized carbons (Fsp3) is 0.923. The number of halogens is 1. The lowest BCUT2D eigenvalue weighted by molar-refractivity contribution is -0.163. The maximum atomic E-state index is 12.1. The molecule has 2 fully saturated rings. The van der Waals surface area contributed by atoms with Gasteiger partial charge in [-0.05, 0) is 39.5 Å². The summed E-state index contributed by atoms with van der Waals surface area (Å²) in [5, 5.41) is 10.2. The molecule has 0 atom stereocenters. The van der Waals surface area contributed by atoms with Gasteiger partial charge in [0.15, 0.2) is 0 Å². The van der Waals surface area contributed by atoms with E-state index in [1.807, 2.05) is 6.92 Å². The highest BCUT2D eigenvalue weighted by Gasteiger charge is 2.41. The summed E-state index contributed by atoms with van der Waals surface area (Å²) >= 11 is 3.18. The van der Waals surface area contributed by atoms with Crippen LogP contribution in [0.3, 0.4) is 0 Å². The van der Waals surface area contributed by atoms with E-state index < -0.39 is 10.8 Å². The van der Waals surface area contributed by atoms with Gasteiger partial charge < -0.3 is 28.8 Å². The molecule has 2 saturated carbocycles.